The third-order valence-electron chi connectivity index (χ3n) is 5.05. The van der Waals surface area contributed by atoms with E-state index in [1.807, 2.05) is 27.7 Å². The Hall–Kier alpha value is -2.81. The molecule has 0 radical (unpaired) electrons. The minimum absolute atomic E-state index is 0.0763. The molecule has 2 atom stereocenters. The van der Waals surface area contributed by atoms with Gasteiger partial charge in [-0.2, -0.15) is 0 Å². The van der Waals surface area contributed by atoms with E-state index in [1.54, 1.807) is 39.8 Å². The summed E-state index contributed by atoms with van der Waals surface area (Å²) in [6, 6.07) is 2.42. The molecule has 9 nitrogen and oxygen atoms in total. The molecule has 2 unspecified atom stereocenters. The second-order valence-corrected chi connectivity index (χ2v) is 10.8. The minimum atomic E-state index is -1.30. The second kappa shape index (κ2) is 12.8. The van der Waals surface area contributed by atoms with E-state index in [0.29, 0.717) is 17.5 Å². The molecule has 1 aromatic rings. The summed E-state index contributed by atoms with van der Waals surface area (Å²) < 4.78 is 5.25. The highest BCUT2D eigenvalue weighted by Gasteiger charge is 2.37. The van der Waals surface area contributed by atoms with E-state index in [0.717, 1.165) is 12.8 Å². The van der Waals surface area contributed by atoms with E-state index in [-0.39, 0.29) is 12.3 Å². The highest BCUT2D eigenvalue weighted by atomic mass is 16.6. The van der Waals surface area contributed by atoms with Crippen molar-refractivity contribution in [2.45, 2.75) is 97.9 Å². The lowest BCUT2D eigenvalue weighted by atomic mass is 9.98. The number of aryl methyl sites for hydroxylation is 1. The maximum Gasteiger partial charge on any atom is 0.408 e. The largest absolute Gasteiger partial charge is 0.508 e. The number of rotatable bonds is 10. The van der Waals surface area contributed by atoms with E-state index in [2.05, 4.69) is 10.6 Å². The molecule has 0 heterocycles. The summed E-state index contributed by atoms with van der Waals surface area (Å²) in [5.41, 5.74) is -0.277. The average Bonchev–Trinajstić information content (AvgIpc) is 2.70. The summed E-state index contributed by atoms with van der Waals surface area (Å²) in [7, 11) is 0. The van der Waals surface area contributed by atoms with E-state index in [4.69, 9.17) is 4.74 Å². The zero-order valence-corrected chi connectivity index (χ0v) is 22.4. The van der Waals surface area contributed by atoms with Crippen LogP contribution in [0.1, 0.15) is 84.9 Å². The van der Waals surface area contributed by atoms with E-state index in [9.17, 15) is 24.6 Å². The van der Waals surface area contributed by atoms with Gasteiger partial charge in [-0.3, -0.25) is 9.59 Å². The summed E-state index contributed by atoms with van der Waals surface area (Å²) in [4.78, 5) is 40.9. The van der Waals surface area contributed by atoms with Crippen molar-refractivity contribution in [1.82, 2.24) is 15.5 Å². The van der Waals surface area contributed by atoms with Crippen LogP contribution >= 0.6 is 0 Å². The van der Waals surface area contributed by atoms with Crippen molar-refractivity contribution in [3.05, 3.63) is 29.3 Å². The van der Waals surface area contributed by atoms with Crippen LogP contribution in [0, 0.1) is 6.92 Å². The van der Waals surface area contributed by atoms with Crippen LogP contribution in [0.4, 0.5) is 4.79 Å². The molecule has 0 saturated carbocycles. The van der Waals surface area contributed by atoms with Gasteiger partial charge in [-0.1, -0.05) is 25.8 Å². The number of aromatic hydroxyl groups is 1. The second-order valence-electron chi connectivity index (χ2n) is 10.8. The number of unbranched alkanes of at least 4 members (excludes halogenated alkanes) is 2. The molecule has 0 aliphatic carbocycles. The highest BCUT2D eigenvalue weighted by molar-refractivity contribution is 5.92. The summed E-state index contributed by atoms with van der Waals surface area (Å²) >= 11 is 0. The Labute approximate surface area is 209 Å². The van der Waals surface area contributed by atoms with Crippen molar-refractivity contribution in [2.24, 2.45) is 0 Å². The van der Waals surface area contributed by atoms with Gasteiger partial charge in [0.05, 0.1) is 6.61 Å². The lowest BCUT2D eigenvalue weighted by Gasteiger charge is -2.36. The number of alkyl carbamates (subject to hydrolysis) is 1. The Kier molecular flexibility index (Phi) is 11.0. The molecule has 9 heteroatoms. The lowest BCUT2D eigenvalue weighted by molar-refractivity contribution is -0.144. The smallest absolute Gasteiger partial charge is 0.408 e. The van der Waals surface area contributed by atoms with Gasteiger partial charge in [-0.05, 0) is 78.1 Å². The Bertz CT molecular complexity index is 873. The zero-order valence-electron chi connectivity index (χ0n) is 22.4. The topological polar surface area (TPSA) is 128 Å². The summed E-state index contributed by atoms with van der Waals surface area (Å²) in [6.07, 6.45) is 1.52. The van der Waals surface area contributed by atoms with Crippen molar-refractivity contribution in [3.8, 4) is 5.75 Å². The average molecular weight is 494 g/mol. The number of phenols is 1. The molecular formula is C26H43N3O6. The fourth-order valence-electron chi connectivity index (χ4n) is 3.49. The number of hydrogen-bond donors (Lipinski definition) is 4. The normalized spacial score (nSPS) is 13.5. The summed E-state index contributed by atoms with van der Waals surface area (Å²) in [6.45, 7) is 13.9. The number of hydrogen-bond acceptors (Lipinski definition) is 6. The first-order valence-electron chi connectivity index (χ1n) is 12.1. The minimum Gasteiger partial charge on any atom is -0.508 e. The van der Waals surface area contributed by atoms with E-state index >= 15 is 0 Å². The van der Waals surface area contributed by atoms with Gasteiger partial charge in [0.1, 0.15) is 23.4 Å². The first kappa shape index (κ1) is 30.2. The molecule has 0 aromatic heterocycles. The fraction of sp³-hybridized carbons (Fsp3) is 0.654. The first-order valence-corrected chi connectivity index (χ1v) is 12.1. The Morgan fingerprint density at radius 2 is 1.71 bits per heavy atom. The maximum absolute atomic E-state index is 13.7. The molecule has 0 spiro atoms. The van der Waals surface area contributed by atoms with Crippen molar-refractivity contribution < 1.29 is 29.3 Å². The number of carbonyl (C=O) groups excluding carboxylic acids is 3. The lowest BCUT2D eigenvalue weighted by Crippen LogP contribution is -2.55. The molecule has 0 fully saturated rings. The van der Waals surface area contributed by atoms with Gasteiger partial charge in [-0.15, -0.1) is 0 Å². The van der Waals surface area contributed by atoms with Crippen molar-refractivity contribution in [2.75, 3.05) is 13.2 Å². The molecular weight excluding hydrogens is 450 g/mol. The number of aliphatic hydroxyl groups is 1. The van der Waals surface area contributed by atoms with Crippen LogP contribution in [-0.4, -0.2) is 63.4 Å². The van der Waals surface area contributed by atoms with Crippen molar-refractivity contribution in [1.29, 1.82) is 0 Å². The van der Waals surface area contributed by atoms with Gasteiger partial charge in [-0.25, -0.2) is 4.79 Å². The molecule has 3 amide bonds. The molecule has 0 bridgehead atoms. The number of ether oxygens (including phenoxy) is 1. The molecule has 0 aliphatic heterocycles. The third-order valence-corrected chi connectivity index (χ3v) is 5.05. The van der Waals surface area contributed by atoms with Crippen LogP contribution in [0.5, 0.6) is 5.75 Å². The zero-order chi connectivity index (χ0) is 27.0. The van der Waals surface area contributed by atoms with Crippen LogP contribution in [0.2, 0.25) is 0 Å². The van der Waals surface area contributed by atoms with Gasteiger partial charge < -0.3 is 30.5 Å². The monoisotopic (exact) mass is 493 g/mol. The van der Waals surface area contributed by atoms with Crippen molar-refractivity contribution >= 4 is 17.9 Å². The van der Waals surface area contributed by atoms with Crippen LogP contribution in [-0.2, 0) is 14.3 Å². The quantitative estimate of drug-likeness (QED) is 0.369. The van der Waals surface area contributed by atoms with Crippen LogP contribution in [0.25, 0.3) is 0 Å². The third kappa shape index (κ3) is 10.1. The molecule has 1 rings (SSSR count). The highest BCUT2D eigenvalue weighted by Crippen LogP contribution is 2.28. The van der Waals surface area contributed by atoms with Gasteiger partial charge in [0.2, 0.25) is 11.8 Å². The van der Waals surface area contributed by atoms with E-state index < -0.39 is 47.7 Å². The Morgan fingerprint density at radius 1 is 1.09 bits per heavy atom. The summed E-state index contributed by atoms with van der Waals surface area (Å²) in [5.74, 6) is -0.928. The molecule has 1 aromatic carbocycles. The molecule has 35 heavy (non-hydrogen) atoms. The number of aliphatic hydroxyl groups excluding tert-OH is 1. The molecule has 0 saturated heterocycles. The number of nitrogens with zero attached hydrogens (tertiary/aromatic N) is 1. The fourth-order valence-corrected chi connectivity index (χ4v) is 3.49. The van der Waals surface area contributed by atoms with Crippen molar-refractivity contribution in [3.63, 3.8) is 0 Å². The number of nitrogens with one attached hydrogen (secondary N) is 2. The van der Waals surface area contributed by atoms with Crippen LogP contribution in [0.3, 0.4) is 0 Å². The van der Waals surface area contributed by atoms with Crippen LogP contribution in [0.15, 0.2) is 18.2 Å². The maximum atomic E-state index is 13.7. The number of amides is 3. The molecule has 198 valence electrons. The van der Waals surface area contributed by atoms with Gasteiger partial charge in [0, 0.05) is 12.1 Å². The number of benzene rings is 1. The Morgan fingerprint density at radius 3 is 2.20 bits per heavy atom. The SMILES string of the molecule is CCCCCN(C(=O)C(CO)NC(=O)OC(C)(C)C)C(C(=O)NC(C)(C)C)c1ccc(O)c(C)c1. The first-order chi connectivity index (χ1) is 16.1. The van der Waals surface area contributed by atoms with Gasteiger partial charge in [0.15, 0.2) is 0 Å². The number of phenolic OH excluding ortho intramolecular Hbond substituents is 1. The van der Waals surface area contributed by atoms with Gasteiger partial charge in [0.25, 0.3) is 0 Å². The Balaban J connectivity index is 3.47. The van der Waals surface area contributed by atoms with Crippen LogP contribution < -0.4 is 10.6 Å². The predicted octanol–water partition coefficient (Wildman–Crippen LogP) is 3.56. The predicted molar refractivity (Wildman–Crippen MR) is 135 cm³/mol. The number of carbonyl (C=O) groups is 3. The van der Waals surface area contributed by atoms with E-state index in [1.165, 1.54) is 11.0 Å². The molecule has 4 N–H and O–H groups in total. The standard InChI is InChI=1S/C26H43N3O6/c1-9-10-11-14-29(23(33)19(16-30)27-24(34)35-26(6,7)8)21(22(32)28-25(3,4)5)18-12-13-20(31)17(2)15-18/h12-13,15,19,21,30-31H,9-11,14,16H2,1-8H3,(H,27,34)(H,28,32). The summed E-state index contributed by atoms with van der Waals surface area (Å²) in [5, 5.41) is 25.4. The van der Waals surface area contributed by atoms with Gasteiger partial charge >= 0.3 is 6.09 Å². The molecule has 0 aliphatic rings.